The van der Waals surface area contributed by atoms with Gasteiger partial charge in [-0.3, -0.25) is 0 Å². The van der Waals surface area contributed by atoms with E-state index < -0.39 is 0 Å². The highest BCUT2D eigenvalue weighted by Crippen LogP contribution is 2.41. The Labute approximate surface area is 115 Å². The van der Waals surface area contributed by atoms with E-state index in [1.165, 1.54) is 16.7 Å². The zero-order chi connectivity index (χ0) is 12.3. The van der Waals surface area contributed by atoms with Crippen molar-refractivity contribution in [3.63, 3.8) is 0 Å². The molecule has 0 aliphatic rings. The Morgan fingerprint density at radius 2 is 2.00 bits per heavy atom. The summed E-state index contributed by atoms with van der Waals surface area (Å²) in [4.78, 5) is 0.364. The maximum absolute atomic E-state index is 5.53. The second kappa shape index (κ2) is 6.06. The molecule has 1 rings (SSSR count). The van der Waals surface area contributed by atoms with Gasteiger partial charge < -0.3 is 4.74 Å². The molecule has 90 valence electrons. The highest BCUT2D eigenvalue weighted by atomic mass is 79.9. The van der Waals surface area contributed by atoms with Crippen molar-refractivity contribution < 1.29 is 4.74 Å². The monoisotopic (exact) mass is 348 g/mol. The first-order valence-electron chi connectivity index (χ1n) is 5.50. The van der Waals surface area contributed by atoms with Crippen LogP contribution in [0.4, 0.5) is 0 Å². The van der Waals surface area contributed by atoms with Crippen LogP contribution in [0.1, 0.15) is 41.3 Å². The summed E-state index contributed by atoms with van der Waals surface area (Å²) in [5, 5.41) is 0. The molecule has 0 spiro atoms. The Morgan fingerprint density at radius 1 is 1.38 bits per heavy atom. The summed E-state index contributed by atoms with van der Waals surface area (Å²) in [5.41, 5.74) is 3.71. The van der Waals surface area contributed by atoms with Crippen molar-refractivity contribution in [1.29, 1.82) is 0 Å². The number of benzene rings is 1. The summed E-state index contributed by atoms with van der Waals surface area (Å²) < 4.78 is 6.68. The molecule has 0 bridgehead atoms. The smallest absolute Gasteiger partial charge is 0.126 e. The molecule has 0 saturated carbocycles. The van der Waals surface area contributed by atoms with Gasteiger partial charge in [0.2, 0.25) is 0 Å². The fourth-order valence-electron chi connectivity index (χ4n) is 1.92. The van der Waals surface area contributed by atoms with Gasteiger partial charge in [0.25, 0.3) is 0 Å². The maximum atomic E-state index is 5.53. The van der Waals surface area contributed by atoms with Crippen LogP contribution in [0, 0.1) is 13.8 Å². The van der Waals surface area contributed by atoms with Gasteiger partial charge in [-0.1, -0.05) is 45.2 Å². The molecular formula is C13H18Br2O. The zero-order valence-electron chi connectivity index (χ0n) is 10.2. The second-order valence-corrected chi connectivity index (χ2v) is 5.96. The van der Waals surface area contributed by atoms with Gasteiger partial charge in [0.05, 0.1) is 7.11 Å². The largest absolute Gasteiger partial charge is 0.496 e. The molecule has 3 heteroatoms. The number of hydrogen-bond donors (Lipinski definition) is 0. The fourth-order valence-corrected chi connectivity index (χ4v) is 3.49. The predicted molar refractivity (Wildman–Crippen MR) is 76.7 cm³/mol. The molecule has 0 amide bonds. The minimum atomic E-state index is 0.364. The summed E-state index contributed by atoms with van der Waals surface area (Å²) >= 11 is 7.36. The quantitative estimate of drug-likeness (QED) is 0.669. The Hall–Kier alpha value is -0.0200. The normalized spacial score (nSPS) is 12.6. The minimum absolute atomic E-state index is 0.364. The Bertz CT molecular complexity index is 375. The first-order valence-corrected chi connectivity index (χ1v) is 7.21. The molecule has 1 unspecified atom stereocenters. The van der Waals surface area contributed by atoms with Crippen LogP contribution in [0.2, 0.25) is 0 Å². The van der Waals surface area contributed by atoms with E-state index in [2.05, 4.69) is 58.7 Å². The SMILES string of the molecule is CCCC(Br)c1c(C)c(Br)cc(C)c1OC. The molecule has 0 aliphatic carbocycles. The standard InChI is InChI=1S/C13H18Br2O/c1-5-6-10(14)12-9(3)11(15)7-8(2)13(12)16-4/h7,10H,5-6H2,1-4H3. The molecule has 0 aromatic heterocycles. The van der Waals surface area contributed by atoms with Crippen LogP contribution in [-0.4, -0.2) is 7.11 Å². The third-order valence-electron chi connectivity index (χ3n) is 2.77. The second-order valence-electron chi connectivity index (χ2n) is 4.00. The Balaban J connectivity index is 3.32. The molecule has 1 nitrogen and oxygen atoms in total. The lowest BCUT2D eigenvalue weighted by Crippen LogP contribution is -2.01. The van der Waals surface area contributed by atoms with Crippen molar-refractivity contribution in [1.82, 2.24) is 0 Å². The zero-order valence-corrected chi connectivity index (χ0v) is 13.4. The molecule has 0 saturated heterocycles. The number of aryl methyl sites for hydroxylation is 1. The van der Waals surface area contributed by atoms with Gasteiger partial charge in [-0.25, -0.2) is 0 Å². The van der Waals surface area contributed by atoms with Crippen molar-refractivity contribution in [2.45, 2.75) is 38.4 Å². The van der Waals surface area contributed by atoms with E-state index in [0.717, 1.165) is 23.1 Å². The van der Waals surface area contributed by atoms with Gasteiger partial charge in [-0.2, -0.15) is 0 Å². The minimum Gasteiger partial charge on any atom is -0.496 e. The molecule has 1 aromatic carbocycles. The molecule has 0 heterocycles. The lowest BCUT2D eigenvalue weighted by molar-refractivity contribution is 0.405. The first kappa shape index (κ1) is 14.0. The predicted octanol–water partition coefficient (Wildman–Crippen LogP) is 5.31. The molecular weight excluding hydrogens is 332 g/mol. The van der Waals surface area contributed by atoms with Gasteiger partial charge in [0.1, 0.15) is 5.75 Å². The van der Waals surface area contributed by atoms with Crippen molar-refractivity contribution in [2.24, 2.45) is 0 Å². The van der Waals surface area contributed by atoms with Gasteiger partial charge in [-0.05, 0) is 37.5 Å². The summed E-state index contributed by atoms with van der Waals surface area (Å²) in [5.74, 6) is 1.01. The molecule has 0 aliphatic heterocycles. The van der Waals surface area contributed by atoms with Crippen LogP contribution in [0.3, 0.4) is 0 Å². The summed E-state index contributed by atoms with van der Waals surface area (Å²) in [6, 6.07) is 2.11. The lowest BCUT2D eigenvalue weighted by atomic mass is 9.99. The van der Waals surface area contributed by atoms with E-state index in [0.29, 0.717) is 4.83 Å². The Morgan fingerprint density at radius 3 is 2.50 bits per heavy atom. The summed E-state index contributed by atoms with van der Waals surface area (Å²) in [7, 11) is 1.74. The van der Waals surface area contributed by atoms with Crippen LogP contribution in [0.15, 0.2) is 10.5 Å². The van der Waals surface area contributed by atoms with Gasteiger partial charge >= 0.3 is 0 Å². The molecule has 0 radical (unpaired) electrons. The number of ether oxygens (including phenoxy) is 1. The average Bonchev–Trinajstić information content (AvgIpc) is 2.23. The van der Waals surface area contributed by atoms with E-state index >= 15 is 0 Å². The number of hydrogen-bond acceptors (Lipinski definition) is 1. The van der Waals surface area contributed by atoms with Gasteiger partial charge in [0.15, 0.2) is 0 Å². The lowest BCUT2D eigenvalue weighted by Gasteiger charge is -2.19. The molecule has 1 atom stereocenters. The van der Waals surface area contributed by atoms with Crippen molar-refractivity contribution in [3.8, 4) is 5.75 Å². The van der Waals surface area contributed by atoms with Crippen molar-refractivity contribution >= 4 is 31.9 Å². The summed E-state index contributed by atoms with van der Waals surface area (Å²) in [6.45, 7) is 6.41. The highest BCUT2D eigenvalue weighted by Gasteiger charge is 2.19. The van der Waals surface area contributed by atoms with Crippen LogP contribution in [0.25, 0.3) is 0 Å². The first-order chi connectivity index (χ1) is 7.52. The van der Waals surface area contributed by atoms with Gasteiger partial charge in [0, 0.05) is 14.9 Å². The van der Waals surface area contributed by atoms with Crippen LogP contribution in [-0.2, 0) is 0 Å². The average molecular weight is 350 g/mol. The maximum Gasteiger partial charge on any atom is 0.126 e. The van der Waals surface area contributed by atoms with E-state index in [1.54, 1.807) is 7.11 Å². The number of alkyl halides is 1. The topological polar surface area (TPSA) is 9.23 Å². The third-order valence-corrected chi connectivity index (χ3v) is 4.51. The van der Waals surface area contributed by atoms with Crippen LogP contribution in [0.5, 0.6) is 5.75 Å². The number of methoxy groups -OCH3 is 1. The number of halogens is 2. The summed E-state index contributed by atoms with van der Waals surface area (Å²) in [6.07, 6.45) is 2.27. The molecule has 0 N–H and O–H groups in total. The van der Waals surface area contributed by atoms with Crippen LogP contribution >= 0.6 is 31.9 Å². The van der Waals surface area contributed by atoms with Crippen molar-refractivity contribution in [3.05, 3.63) is 27.2 Å². The molecule has 0 fully saturated rings. The molecule has 1 aromatic rings. The van der Waals surface area contributed by atoms with Crippen LogP contribution < -0.4 is 4.74 Å². The highest BCUT2D eigenvalue weighted by molar-refractivity contribution is 9.10. The third kappa shape index (κ3) is 2.80. The van der Waals surface area contributed by atoms with E-state index in [1.807, 2.05) is 0 Å². The van der Waals surface area contributed by atoms with Crippen molar-refractivity contribution in [2.75, 3.05) is 7.11 Å². The fraction of sp³-hybridized carbons (Fsp3) is 0.538. The van der Waals surface area contributed by atoms with E-state index in [4.69, 9.17) is 4.74 Å². The number of rotatable bonds is 4. The molecule has 16 heavy (non-hydrogen) atoms. The van der Waals surface area contributed by atoms with E-state index in [-0.39, 0.29) is 0 Å². The Kier molecular flexibility index (Phi) is 5.32. The van der Waals surface area contributed by atoms with E-state index in [9.17, 15) is 0 Å². The van der Waals surface area contributed by atoms with Gasteiger partial charge in [-0.15, -0.1) is 0 Å².